The number of methoxy groups -OCH3 is 1. The number of nitrogens with zero attached hydrogens (tertiary/aromatic N) is 4. The zero-order valence-corrected chi connectivity index (χ0v) is 16.2. The SMILES string of the molecule is COCCN(C)c1nc2nn(-c3c(C)cc(Br)cc3C)cc2c(=O)[nH]1. The van der Waals surface area contributed by atoms with Crippen molar-refractivity contribution in [2.75, 3.05) is 32.2 Å². The maximum Gasteiger partial charge on any atom is 0.263 e. The standard InChI is InChI=1S/C17H20BrN5O2/c1-10-7-12(18)8-11(2)14(10)23-9-13-15(21-23)19-17(20-16(13)24)22(3)5-6-25-4/h7-9H,5-6H2,1-4H3,(H,19,20,21,24). The molecule has 0 aliphatic rings. The first kappa shape index (κ1) is 17.6. The van der Waals surface area contributed by atoms with E-state index in [1.54, 1.807) is 18.0 Å². The number of hydrogen-bond donors (Lipinski definition) is 1. The third-order valence-corrected chi connectivity index (χ3v) is 4.51. The van der Waals surface area contributed by atoms with Crippen LogP contribution in [0.4, 0.5) is 5.95 Å². The van der Waals surface area contributed by atoms with Crippen molar-refractivity contribution in [3.05, 3.63) is 44.3 Å². The molecule has 8 heteroatoms. The molecule has 132 valence electrons. The van der Waals surface area contributed by atoms with Gasteiger partial charge in [-0.25, -0.2) is 4.68 Å². The number of rotatable bonds is 5. The lowest BCUT2D eigenvalue weighted by molar-refractivity contribution is 0.206. The molecule has 0 aliphatic carbocycles. The Kier molecular flexibility index (Phi) is 4.91. The second-order valence-corrected chi connectivity index (χ2v) is 6.92. The number of benzene rings is 1. The van der Waals surface area contributed by atoms with Crippen LogP contribution < -0.4 is 10.5 Å². The van der Waals surface area contributed by atoms with Gasteiger partial charge in [0.15, 0.2) is 5.65 Å². The van der Waals surface area contributed by atoms with Crippen molar-refractivity contribution in [3.8, 4) is 5.69 Å². The van der Waals surface area contributed by atoms with Gasteiger partial charge in [0.05, 0.1) is 12.3 Å². The van der Waals surface area contributed by atoms with Crippen LogP contribution in [0, 0.1) is 13.8 Å². The lowest BCUT2D eigenvalue weighted by atomic mass is 10.1. The van der Waals surface area contributed by atoms with E-state index in [1.165, 1.54) is 0 Å². The second kappa shape index (κ2) is 6.97. The largest absolute Gasteiger partial charge is 0.383 e. The van der Waals surface area contributed by atoms with Crippen LogP contribution >= 0.6 is 15.9 Å². The van der Waals surface area contributed by atoms with E-state index in [0.717, 1.165) is 21.3 Å². The van der Waals surface area contributed by atoms with Crippen LogP contribution in [0.5, 0.6) is 0 Å². The predicted octanol–water partition coefficient (Wildman–Crippen LogP) is 2.57. The molecule has 1 N–H and O–H groups in total. The molecular formula is C17H20BrN5O2. The number of H-pyrrole nitrogens is 1. The molecule has 0 aliphatic heterocycles. The third-order valence-electron chi connectivity index (χ3n) is 4.05. The highest BCUT2D eigenvalue weighted by Gasteiger charge is 2.14. The molecule has 3 rings (SSSR count). The lowest BCUT2D eigenvalue weighted by Crippen LogP contribution is -2.26. The summed E-state index contributed by atoms with van der Waals surface area (Å²) in [6.45, 7) is 5.20. The molecule has 0 saturated carbocycles. The van der Waals surface area contributed by atoms with Gasteiger partial charge < -0.3 is 9.64 Å². The van der Waals surface area contributed by atoms with Crippen LogP contribution in [0.15, 0.2) is 27.6 Å². The van der Waals surface area contributed by atoms with Gasteiger partial charge in [-0.1, -0.05) is 15.9 Å². The average molecular weight is 406 g/mol. The van der Waals surface area contributed by atoms with E-state index in [9.17, 15) is 4.79 Å². The van der Waals surface area contributed by atoms with E-state index >= 15 is 0 Å². The highest BCUT2D eigenvalue weighted by molar-refractivity contribution is 9.10. The van der Waals surface area contributed by atoms with Crippen LogP contribution in [0.25, 0.3) is 16.7 Å². The van der Waals surface area contributed by atoms with E-state index in [2.05, 4.69) is 31.0 Å². The monoisotopic (exact) mass is 405 g/mol. The third kappa shape index (κ3) is 3.45. The van der Waals surface area contributed by atoms with Gasteiger partial charge in [-0.3, -0.25) is 9.78 Å². The quantitative estimate of drug-likeness (QED) is 0.705. The van der Waals surface area contributed by atoms with E-state index in [-0.39, 0.29) is 5.56 Å². The fourth-order valence-electron chi connectivity index (χ4n) is 2.80. The molecule has 0 unspecified atom stereocenters. The maximum absolute atomic E-state index is 12.4. The predicted molar refractivity (Wildman–Crippen MR) is 102 cm³/mol. The molecule has 0 atom stereocenters. The molecule has 1 aromatic carbocycles. The highest BCUT2D eigenvalue weighted by atomic mass is 79.9. The molecule has 2 aromatic heterocycles. The minimum absolute atomic E-state index is 0.206. The Hall–Kier alpha value is -2.19. The first-order valence-corrected chi connectivity index (χ1v) is 8.67. The van der Waals surface area contributed by atoms with Crippen LogP contribution in [0.1, 0.15) is 11.1 Å². The number of fused-ring (bicyclic) bond motifs is 1. The van der Waals surface area contributed by atoms with Crippen LogP contribution in [-0.4, -0.2) is 47.1 Å². The molecule has 0 spiro atoms. The summed E-state index contributed by atoms with van der Waals surface area (Å²) in [6.07, 6.45) is 1.73. The summed E-state index contributed by atoms with van der Waals surface area (Å²) in [4.78, 5) is 21.6. The Morgan fingerprint density at radius 1 is 1.32 bits per heavy atom. The van der Waals surface area contributed by atoms with Gasteiger partial charge in [0.2, 0.25) is 5.95 Å². The summed E-state index contributed by atoms with van der Waals surface area (Å²) in [5, 5.41) is 4.99. The van der Waals surface area contributed by atoms with E-state index in [0.29, 0.717) is 30.1 Å². The van der Waals surface area contributed by atoms with Gasteiger partial charge in [-0.2, -0.15) is 4.98 Å². The number of nitrogens with one attached hydrogen (secondary N) is 1. The Morgan fingerprint density at radius 2 is 2.00 bits per heavy atom. The first-order valence-electron chi connectivity index (χ1n) is 7.87. The van der Waals surface area contributed by atoms with Gasteiger partial charge in [0.25, 0.3) is 5.56 Å². The summed E-state index contributed by atoms with van der Waals surface area (Å²) < 4.78 is 7.80. The van der Waals surface area contributed by atoms with E-state index in [4.69, 9.17) is 4.74 Å². The fraction of sp³-hybridized carbons (Fsp3) is 0.353. The molecule has 25 heavy (non-hydrogen) atoms. The van der Waals surface area contributed by atoms with Crippen molar-refractivity contribution in [3.63, 3.8) is 0 Å². The Bertz CT molecular complexity index is 956. The van der Waals surface area contributed by atoms with Gasteiger partial charge in [0.1, 0.15) is 5.39 Å². The zero-order chi connectivity index (χ0) is 18.1. The molecule has 2 heterocycles. The minimum Gasteiger partial charge on any atom is -0.383 e. The molecule has 0 fully saturated rings. The highest BCUT2D eigenvalue weighted by Crippen LogP contribution is 2.24. The van der Waals surface area contributed by atoms with Crippen molar-refractivity contribution < 1.29 is 4.74 Å². The number of aryl methyl sites for hydroxylation is 2. The van der Waals surface area contributed by atoms with Crippen molar-refractivity contribution in [1.82, 2.24) is 19.7 Å². The molecule has 3 aromatic rings. The van der Waals surface area contributed by atoms with Crippen molar-refractivity contribution >= 4 is 32.9 Å². The van der Waals surface area contributed by atoms with Crippen LogP contribution in [0.3, 0.4) is 0 Å². The Labute approximate surface area is 153 Å². The van der Waals surface area contributed by atoms with Gasteiger partial charge in [0, 0.05) is 31.4 Å². The second-order valence-electron chi connectivity index (χ2n) is 6.00. The summed E-state index contributed by atoms with van der Waals surface area (Å²) in [5.41, 5.74) is 3.30. The summed E-state index contributed by atoms with van der Waals surface area (Å²) in [6, 6.07) is 4.05. The summed E-state index contributed by atoms with van der Waals surface area (Å²) >= 11 is 3.50. The number of halogens is 1. The maximum atomic E-state index is 12.4. The molecule has 0 saturated heterocycles. The number of aromatic amines is 1. The molecule has 0 amide bonds. The Morgan fingerprint density at radius 3 is 2.64 bits per heavy atom. The van der Waals surface area contributed by atoms with Crippen LogP contribution in [0.2, 0.25) is 0 Å². The zero-order valence-electron chi connectivity index (χ0n) is 14.6. The summed E-state index contributed by atoms with van der Waals surface area (Å²) in [5.74, 6) is 0.476. The first-order chi connectivity index (χ1) is 11.9. The lowest BCUT2D eigenvalue weighted by Gasteiger charge is -2.16. The number of likely N-dealkylation sites (N-methyl/N-ethyl adjacent to an activating group) is 1. The number of anilines is 1. The van der Waals surface area contributed by atoms with Gasteiger partial charge in [-0.05, 0) is 37.1 Å². The number of aromatic nitrogens is 4. The van der Waals surface area contributed by atoms with Crippen LogP contribution in [-0.2, 0) is 4.74 Å². The van der Waals surface area contributed by atoms with Crippen molar-refractivity contribution in [2.24, 2.45) is 0 Å². The number of ether oxygens (including phenoxy) is 1. The van der Waals surface area contributed by atoms with E-state index < -0.39 is 0 Å². The average Bonchev–Trinajstić information content (AvgIpc) is 2.95. The van der Waals surface area contributed by atoms with E-state index in [1.807, 2.05) is 37.9 Å². The Balaban J connectivity index is 2.09. The fourth-order valence-corrected chi connectivity index (χ4v) is 3.49. The molecule has 7 nitrogen and oxygen atoms in total. The van der Waals surface area contributed by atoms with Crippen molar-refractivity contribution in [1.29, 1.82) is 0 Å². The molecule has 0 radical (unpaired) electrons. The summed E-state index contributed by atoms with van der Waals surface area (Å²) in [7, 11) is 3.49. The minimum atomic E-state index is -0.206. The van der Waals surface area contributed by atoms with Gasteiger partial charge in [-0.15, -0.1) is 5.10 Å². The smallest absolute Gasteiger partial charge is 0.263 e. The number of hydrogen-bond acceptors (Lipinski definition) is 5. The van der Waals surface area contributed by atoms with Crippen molar-refractivity contribution in [2.45, 2.75) is 13.8 Å². The topological polar surface area (TPSA) is 76.0 Å². The van der Waals surface area contributed by atoms with Gasteiger partial charge >= 0.3 is 0 Å². The molecular weight excluding hydrogens is 386 g/mol. The normalized spacial score (nSPS) is 11.2. The molecule has 0 bridgehead atoms.